The Hall–Kier alpha value is -0.980. The van der Waals surface area contributed by atoms with Gasteiger partial charge in [0, 0.05) is 5.92 Å². The van der Waals surface area contributed by atoms with E-state index in [0.29, 0.717) is 0 Å². The van der Waals surface area contributed by atoms with Crippen molar-refractivity contribution in [1.82, 2.24) is 0 Å². The number of cyclic esters (lactones) is 2. The second-order valence-electron chi connectivity index (χ2n) is 3.99. The van der Waals surface area contributed by atoms with Crippen molar-refractivity contribution in [2.24, 2.45) is 29.2 Å². The molecule has 2 aliphatic rings. The number of fused-ring (bicyclic) bond motifs is 1. The van der Waals surface area contributed by atoms with Gasteiger partial charge >= 0.3 is 11.9 Å². The van der Waals surface area contributed by atoms with Gasteiger partial charge in [-0.3, -0.25) is 9.59 Å². The zero-order chi connectivity index (χ0) is 10.7. The summed E-state index contributed by atoms with van der Waals surface area (Å²) in [4.78, 5) is 22.5. The van der Waals surface area contributed by atoms with Crippen LogP contribution in [-0.2, 0) is 14.3 Å². The lowest BCUT2D eigenvalue weighted by Gasteiger charge is -2.28. The SMILES string of the molecule is CC1C2C(=O)OC(=O)C2C(N)C1(N)O. The monoisotopic (exact) mass is 200 g/mol. The topological polar surface area (TPSA) is 116 Å². The summed E-state index contributed by atoms with van der Waals surface area (Å²) in [5, 5.41) is 9.77. The predicted octanol–water partition coefficient (Wildman–Crippen LogP) is -2.07. The fourth-order valence-electron chi connectivity index (χ4n) is 2.29. The summed E-state index contributed by atoms with van der Waals surface area (Å²) in [5.74, 6) is -3.38. The maximum absolute atomic E-state index is 11.2. The Kier molecular flexibility index (Phi) is 1.73. The zero-order valence-electron chi connectivity index (χ0n) is 7.64. The highest BCUT2D eigenvalue weighted by molar-refractivity contribution is 5.98. The summed E-state index contributed by atoms with van der Waals surface area (Å²) in [5.41, 5.74) is 9.49. The van der Waals surface area contributed by atoms with Crippen molar-refractivity contribution in [3.05, 3.63) is 0 Å². The minimum Gasteiger partial charge on any atom is -0.393 e. The molecule has 5 unspecified atom stereocenters. The highest BCUT2D eigenvalue weighted by Crippen LogP contribution is 2.45. The summed E-state index contributed by atoms with van der Waals surface area (Å²) in [7, 11) is 0. The van der Waals surface area contributed by atoms with Crippen molar-refractivity contribution < 1.29 is 19.4 Å². The van der Waals surface area contributed by atoms with E-state index in [1.807, 2.05) is 0 Å². The molecular formula is C8H12N2O4. The maximum atomic E-state index is 11.2. The van der Waals surface area contributed by atoms with Crippen molar-refractivity contribution in [3.8, 4) is 0 Å². The van der Waals surface area contributed by atoms with Crippen LogP contribution in [0.1, 0.15) is 6.92 Å². The van der Waals surface area contributed by atoms with Crippen LogP contribution in [0.25, 0.3) is 0 Å². The van der Waals surface area contributed by atoms with Crippen LogP contribution in [0.3, 0.4) is 0 Å². The first-order valence-corrected chi connectivity index (χ1v) is 4.39. The minimum atomic E-state index is -1.68. The Bertz CT molecular complexity index is 286. The third kappa shape index (κ3) is 0.902. The van der Waals surface area contributed by atoms with E-state index in [4.69, 9.17) is 11.5 Å². The number of hydrogen-bond acceptors (Lipinski definition) is 6. The van der Waals surface area contributed by atoms with E-state index >= 15 is 0 Å². The molecule has 1 aliphatic heterocycles. The third-order valence-corrected chi connectivity index (χ3v) is 3.32. The standard InChI is InChI=1S/C8H12N2O4/c1-2-3-4(5(9)8(2,10)13)7(12)14-6(3)11/h2-5,13H,9-10H2,1H3. The second kappa shape index (κ2) is 2.53. The molecule has 5 N–H and O–H groups in total. The normalized spacial score (nSPS) is 52.0. The maximum Gasteiger partial charge on any atom is 0.319 e. The van der Waals surface area contributed by atoms with Gasteiger partial charge in [-0.05, 0) is 0 Å². The first kappa shape index (κ1) is 9.57. The largest absolute Gasteiger partial charge is 0.393 e. The van der Waals surface area contributed by atoms with Gasteiger partial charge in [0.25, 0.3) is 0 Å². The third-order valence-electron chi connectivity index (χ3n) is 3.32. The van der Waals surface area contributed by atoms with E-state index in [-0.39, 0.29) is 0 Å². The molecule has 0 radical (unpaired) electrons. The number of nitrogens with two attached hydrogens (primary N) is 2. The van der Waals surface area contributed by atoms with E-state index in [1.54, 1.807) is 6.92 Å². The van der Waals surface area contributed by atoms with Crippen LogP contribution in [0.5, 0.6) is 0 Å². The van der Waals surface area contributed by atoms with Crippen LogP contribution in [0, 0.1) is 17.8 Å². The average Bonchev–Trinajstić information content (AvgIpc) is 2.45. The summed E-state index contributed by atoms with van der Waals surface area (Å²) in [6.07, 6.45) is 0. The molecule has 2 fully saturated rings. The van der Waals surface area contributed by atoms with Crippen LogP contribution in [0.15, 0.2) is 0 Å². The molecule has 6 heteroatoms. The van der Waals surface area contributed by atoms with Gasteiger partial charge in [0.05, 0.1) is 17.9 Å². The number of hydrogen-bond donors (Lipinski definition) is 3. The average molecular weight is 200 g/mol. The summed E-state index contributed by atoms with van der Waals surface area (Å²) >= 11 is 0. The van der Waals surface area contributed by atoms with E-state index < -0.39 is 41.5 Å². The lowest BCUT2D eigenvalue weighted by Crippen LogP contribution is -2.57. The van der Waals surface area contributed by atoms with Crippen molar-refractivity contribution in [2.45, 2.75) is 18.7 Å². The molecule has 0 bridgehead atoms. The number of ether oxygens (including phenoxy) is 1. The Labute approximate surface area is 80.2 Å². The van der Waals surface area contributed by atoms with Crippen molar-refractivity contribution in [2.75, 3.05) is 0 Å². The molecule has 0 aromatic carbocycles. The molecule has 2 rings (SSSR count). The molecule has 14 heavy (non-hydrogen) atoms. The molecule has 1 saturated heterocycles. The van der Waals surface area contributed by atoms with Gasteiger partial charge in [0.2, 0.25) is 0 Å². The van der Waals surface area contributed by atoms with E-state index in [0.717, 1.165) is 0 Å². The molecular weight excluding hydrogens is 188 g/mol. The Morgan fingerprint density at radius 2 is 1.86 bits per heavy atom. The molecule has 1 heterocycles. The first-order chi connectivity index (χ1) is 6.37. The Balaban J connectivity index is 2.43. The van der Waals surface area contributed by atoms with E-state index in [1.165, 1.54) is 0 Å². The molecule has 0 aromatic heterocycles. The fourth-order valence-corrected chi connectivity index (χ4v) is 2.29. The van der Waals surface area contributed by atoms with Crippen LogP contribution < -0.4 is 11.5 Å². The lowest BCUT2D eigenvalue weighted by molar-refractivity contribution is -0.157. The molecule has 1 aliphatic carbocycles. The number of aliphatic hydroxyl groups is 1. The predicted molar refractivity (Wildman–Crippen MR) is 44.4 cm³/mol. The molecule has 0 aromatic rings. The fraction of sp³-hybridized carbons (Fsp3) is 0.750. The quantitative estimate of drug-likeness (QED) is 0.235. The molecule has 78 valence electrons. The number of carbonyl (C=O) groups is 2. The first-order valence-electron chi connectivity index (χ1n) is 4.39. The second-order valence-corrected chi connectivity index (χ2v) is 3.99. The highest BCUT2D eigenvalue weighted by Gasteiger charge is 2.64. The van der Waals surface area contributed by atoms with Gasteiger partial charge in [0.15, 0.2) is 0 Å². The van der Waals surface area contributed by atoms with Gasteiger partial charge in [0.1, 0.15) is 5.72 Å². The van der Waals surface area contributed by atoms with Gasteiger partial charge in [-0.25, -0.2) is 0 Å². The van der Waals surface area contributed by atoms with Crippen LogP contribution >= 0.6 is 0 Å². The van der Waals surface area contributed by atoms with Crippen LogP contribution in [0.4, 0.5) is 0 Å². The number of rotatable bonds is 0. The molecule has 5 atom stereocenters. The number of carbonyl (C=O) groups excluding carboxylic acids is 2. The molecule has 0 spiro atoms. The number of esters is 2. The molecule has 1 saturated carbocycles. The Morgan fingerprint density at radius 3 is 2.36 bits per heavy atom. The highest BCUT2D eigenvalue weighted by atomic mass is 16.6. The summed E-state index contributed by atoms with van der Waals surface area (Å²) in [6, 6.07) is -0.943. The minimum absolute atomic E-state index is 0.568. The lowest BCUT2D eigenvalue weighted by atomic mass is 9.91. The summed E-state index contributed by atoms with van der Waals surface area (Å²) in [6.45, 7) is 1.59. The van der Waals surface area contributed by atoms with Crippen molar-refractivity contribution in [1.29, 1.82) is 0 Å². The Morgan fingerprint density at radius 1 is 1.36 bits per heavy atom. The van der Waals surface area contributed by atoms with Crippen molar-refractivity contribution in [3.63, 3.8) is 0 Å². The van der Waals surface area contributed by atoms with Crippen LogP contribution in [-0.4, -0.2) is 28.8 Å². The van der Waals surface area contributed by atoms with Gasteiger partial charge in [-0.1, -0.05) is 6.92 Å². The molecule has 0 amide bonds. The van der Waals surface area contributed by atoms with Gasteiger partial charge < -0.3 is 21.3 Å². The van der Waals surface area contributed by atoms with E-state index in [9.17, 15) is 14.7 Å². The van der Waals surface area contributed by atoms with E-state index in [2.05, 4.69) is 4.74 Å². The van der Waals surface area contributed by atoms with Gasteiger partial charge in [-0.2, -0.15) is 0 Å². The zero-order valence-corrected chi connectivity index (χ0v) is 7.64. The van der Waals surface area contributed by atoms with Gasteiger partial charge in [-0.15, -0.1) is 0 Å². The van der Waals surface area contributed by atoms with Crippen LogP contribution in [0.2, 0.25) is 0 Å². The smallest absolute Gasteiger partial charge is 0.319 e. The molecule has 6 nitrogen and oxygen atoms in total. The summed E-state index contributed by atoms with van der Waals surface area (Å²) < 4.78 is 4.44. The van der Waals surface area contributed by atoms with Crippen molar-refractivity contribution >= 4 is 11.9 Å².